The Bertz CT molecular complexity index is 1200. The predicted molar refractivity (Wildman–Crippen MR) is 126 cm³/mol. The fourth-order valence-corrected chi connectivity index (χ4v) is 7.28. The number of rotatable bonds is 7. The summed E-state index contributed by atoms with van der Waals surface area (Å²) in [7, 11) is -7.04. The van der Waals surface area contributed by atoms with Crippen LogP contribution in [0.15, 0.2) is 58.3 Å². The van der Waals surface area contributed by atoms with Gasteiger partial charge in [0, 0.05) is 25.6 Å². The van der Waals surface area contributed by atoms with Crippen molar-refractivity contribution in [3.8, 4) is 0 Å². The monoisotopic (exact) mass is 490 g/mol. The van der Waals surface area contributed by atoms with Crippen molar-refractivity contribution in [2.75, 3.05) is 25.4 Å². The van der Waals surface area contributed by atoms with Crippen LogP contribution in [0.1, 0.15) is 36.8 Å². The average Bonchev–Trinajstić information content (AvgIpc) is 2.84. The number of piperidine rings is 1. The fraction of sp³-hybridized carbons (Fsp3) is 0.458. The Labute approximate surface area is 196 Å². The maximum atomic E-state index is 13.1. The molecule has 0 radical (unpaired) electrons. The molecule has 9 heteroatoms. The second-order valence-electron chi connectivity index (χ2n) is 8.74. The number of aryl methyl sites for hydroxylation is 2. The van der Waals surface area contributed by atoms with E-state index in [1.165, 1.54) is 22.0 Å². The van der Waals surface area contributed by atoms with E-state index >= 15 is 0 Å². The van der Waals surface area contributed by atoms with Gasteiger partial charge in [-0.15, -0.1) is 0 Å². The molecule has 1 aliphatic heterocycles. The number of hydrogen-bond donors (Lipinski definition) is 1. The molecule has 4 rings (SSSR count). The van der Waals surface area contributed by atoms with Crippen LogP contribution in [-0.2, 0) is 37.5 Å². The van der Waals surface area contributed by atoms with Crippen LogP contribution in [0.4, 0.5) is 0 Å². The molecule has 7 nitrogen and oxygen atoms in total. The van der Waals surface area contributed by atoms with Crippen LogP contribution in [-0.4, -0.2) is 52.4 Å². The van der Waals surface area contributed by atoms with Gasteiger partial charge < -0.3 is 5.32 Å². The molecule has 2 aliphatic rings. The molecule has 1 saturated heterocycles. The number of carbonyl (C=O) groups is 1. The molecule has 0 unspecified atom stereocenters. The standard InChI is InChI=1S/C24H30N2O5S2/c27-24(25-14-17-32(28,29)22-8-2-1-3-9-22)20-12-15-26(16-13-20)33(30,31)23-11-10-19-6-4-5-7-21(19)18-23/h1-3,8-11,18,20H,4-7,12-17H2,(H,25,27). The third kappa shape index (κ3) is 5.47. The van der Waals surface area contributed by atoms with Crippen LogP contribution in [0.3, 0.4) is 0 Å². The van der Waals surface area contributed by atoms with E-state index < -0.39 is 19.9 Å². The topological polar surface area (TPSA) is 101 Å². The third-order valence-electron chi connectivity index (χ3n) is 6.55. The lowest BCUT2D eigenvalue weighted by Crippen LogP contribution is -2.43. The first kappa shape index (κ1) is 23.9. The molecule has 1 amide bonds. The number of hydrogen-bond acceptors (Lipinski definition) is 5. The second-order valence-corrected chi connectivity index (χ2v) is 12.8. The van der Waals surface area contributed by atoms with Crippen molar-refractivity contribution in [2.45, 2.75) is 48.3 Å². The highest BCUT2D eigenvalue weighted by atomic mass is 32.2. The molecule has 2 aromatic carbocycles. The van der Waals surface area contributed by atoms with Gasteiger partial charge in [0.1, 0.15) is 0 Å². The molecule has 1 aliphatic carbocycles. The molecule has 1 heterocycles. The molecular formula is C24H30N2O5S2. The highest BCUT2D eigenvalue weighted by Crippen LogP contribution is 2.28. The lowest BCUT2D eigenvalue weighted by atomic mass is 9.92. The minimum atomic E-state index is -3.59. The van der Waals surface area contributed by atoms with Crippen LogP contribution >= 0.6 is 0 Å². The van der Waals surface area contributed by atoms with Crippen LogP contribution in [0.5, 0.6) is 0 Å². The van der Waals surface area contributed by atoms with Gasteiger partial charge in [0.25, 0.3) is 0 Å². The lowest BCUT2D eigenvalue weighted by Gasteiger charge is -2.31. The quantitative estimate of drug-likeness (QED) is 0.643. The summed E-state index contributed by atoms with van der Waals surface area (Å²) < 4.78 is 52.4. The van der Waals surface area contributed by atoms with Gasteiger partial charge in [-0.25, -0.2) is 16.8 Å². The van der Waals surface area contributed by atoms with E-state index in [0.717, 1.165) is 31.2 Å². The van der Waals surface area contributed by atoms with Gasteiger partial charge in [-0.3, -0.25) is 4.79 Å². The highest BCUT2D eigenvalue weighted by molar-refractivity contribution is 7.91. The van der Waals surface area contributed by atoms with Crippen LogP contribution < -0.4 is 5.32 Å². The largest absolute Gasteiger partial charge is 0.355 e. The average molecular weight is 491 g/mol. The summed E-state index contributed by atoms with van der Waals surface area (Å²) in [6, 6.07) is 13.6. The Hall–Kier alpha value is -2.23. The zero-order chi connectivity index (χ0) is 23.5. The molecule has 2 aromatic rings. The third-order valence-corrected chi connectivity index (χ3v) is 10.2. The first-order chi connectivity index (χ1) is 15.8. The van der Waals surface area contributed by atoms with Gasteiger partial charge in [-0.05, 0) is 73.9 Å². The SMILES string of the molecule is O=C(NCCS(=O)(=O)c1ccccc1)C1CCN(S(=O)(=O)c2ccc3c(c2)CCCC3)CC1. The van der Waals surface area contributed by atoms with Crippen molar-refractivity contribution >= 4 is 25.8 Å². The number of sulfonamides is 1. The molecule has 178 valence electrons. The maximum absolute atomic E-state index is 13.1. The summed E-state index contributed by atoms with van der Waals surface area (Å²) in [5.74, 6) is -0.711. The van der Waals surface area contributed by atoms with Gasteiger partial charge in [-0.1, -0.05) is 24.3 Å². The Kier molecular flexibility index (Phi) is 7.21. The van der Waals surface area contributed by atoms with Crippen molar-refractivity contribution in [2.24, 2.45) is 5.92 Å². The molecule has 33 heavy (non-hydrogen) atoms. The number of fused-ring (bicyclic) bond motifs is 1. The Morgan fingerprint density at radius 3 is 2.24 bits per heavy atom. The number of carbonyl (C=O) groups excluding carboxylic acids is 1. The molecule has 1 fully saturated rings. The van der Waals surface area contributed by atoms with Gasteiger partial charge >= 0.3 is 0 Å². The minimum absolute atomic E-state index is 0.0314. The summed E-state index contributed by atoms with van der Waals surface area (Å²) >= 11 is 0. The molecule has 0 atom stereocenters. The number of sulfone groups is 1. The van der Waals surface area contributed by atoms with Gasteiger partial charge in [0.2, 0.25) is 15.9 Å². The van der Waals surface area contributed by atoms with Crippen molar-refractivity contribution in [3.63, 3.8) is 0 Å². The van der Waals surface area contributed by atoms with Crippen LogP contribution in [0, 0.1) is 5.92 Å². The van der Waals surface area contributed by atoms with Crippen molar-refractivity contribution < 1.29 is 21.6 Å². The normalized spacial score (nSPS) is 17.9. The van der Waals surface area contributed by atoms with E-state index in [1.807, 2.05) is 12.1 Å². The van der Waals surface area contributed by atoms with Gasteiger partial charge in [0.15, 0.2) is 9.84 Å². The number of benzene rings is 2. The summed E-state index contributed by atoms with van der Waals surface area (Å²) in [6.45, 7) is 0.587. The van der Waals surface area contributed by atoms with Crippen molar-refractivity contribution in [1.82, 2.24) is 9.62 Å². The van der Waals surface area contributed by atoms with E-state index in [1.54, 1.807) is 24.3 Å². The maximum Gasteiger partial charge on any atom is 0.243 e. The highest BCUT2D eigenvalue weighted by Gasteiger charge is 2.32. The molecule has 0 spiro atoms. The first-order valence-corrected chi connectivity index (χ1v) is 14.5. The summed E-state index contributed by atoms with van der Waals surface area (Å²) in [5.41, 5.74) is 2.37. The summed E-state index contributed by atoms with van der Waals surface area (Å²) in [5, 5.41) is 2.71. The van der Waals surface area contributed by atoms with Crippen LogP contribution in [0.2, 0.25) is 0 Å². The van der Waals surface area contributed by atoms with E-state index in [4.69, 9.17) is 0 Å². The van der Waals surface area contributed by atoms with Gasteiger partial charge in [0.05, 0.1) is 15.5 Å². The zero-order valence-corrected chi connectivity index (χ0v) is 20.2. The number of nitrogens with zero attached hydrogens (tertiary/aromatic N) is 1. The predicted octanol–water partition coefficient (Wildman–Crippen LogP) is 2.56. The number of nitrogens with one attached hydrogen (secondary N) is 1. The molecule has 0 bridgehead atoms. The van der Waals surface area contributed by atoms with E-state index in [9.17, 15) is 21.6 Å². The van der Waals surface area contributed by atoms with E-state index in [2.05, 4.69) is 5.32 Å². The molecular weight excluding hydrogens is 460 g/mol. The van der Waals surface area contributed by atoms with Gasteiger partial charge in [-0.2, -0.15) is 4.31 Å². The molecule has 0 saturated carbocycles. The Balaban J connectivity index is 1.30. The van der Waals surface area contributed by atoms with E-state index in [0.29, 0.717) is 17.7 Å². The second kappa shape index (κ2) is 9.95. The van der Waals surface area contributed by atoms with Crippen molar-refractivity contribution in [1.29, 1.82) is 0 Å². The summed E-state index contributed by atoms with van der Waals surface area (Å²) in [4.78, 5) is 13.1. The van der Waals surface area contributed by atoms with E-state index in [-0.39, 0.29) is 42.1 Å². The Morgan fingerprint density at radius 1 is 0.879 bits per heavy atom. The fourth-order valence-electron chi connectivity index (χ4n) is 4.58. The first-order valence-electron chi connectivity index (χ1n) is 11.4. The Morgan fingerprint density at radius 2 is 1.55 bits per heavy atom. The minimum Gasteiger partial charge on any atom is -0.355 e. The zero-order valence-electron chi connectivity index (χ0n) is 18.6. The van der Waals surface area contributed by atoms with Crippen LogP contribution in [0.25, 0.3) is 0 Å². The lowest BCUT2D eigenvalue weighted by molar-refractivity contribution is -0.125. The molecule has 0 aromatic heterocycles. The summed E-state index contributed by atoms with van der Waals surface area (Å²) in [6.07, 6.45) is 4.99. The molecule has 1 N–H and O–H groups in total. The van der Waals surface area contributed by atoms with Crippen molar-refractivity contribution in [3.05, 3.63) is 59.7 Å². The smallest absolute Gasteiger partial charge is 0.243 e. The number of amides is 1.